The first-order valence-electron chi connectivity index (χ1n) is 4.75. The van der Waals surface area contributed by atoms with E-state index in [2.05, 4.69) is 15.9 Å². The van der Waals surface area contributed by atoms with Crippen LogP contribution in [-0.4, -0.2) is 5.11 Å². The normalized spacial score (nSPS) is 9.19. The maximum atomic E-state index is 12.5. The fourth-order valence-corrected chi connectivity index (χ4v) is 1.52. The summed E-state index contributed by atoms with van der Waals surface area (Å²) in [5.41, 5.74) is 1.06. The molecule has 0 bridgehead atoms. The molecule has 0 heterocycles. The summed E-state index contributed by atoms with van der Waals surface area (Å²) in [5.74, 6) is 0.114. The number of hydrogen-bond acceptors (Lipinski definition) is 1. The maximum absolute atomic E-state index is 12.5. The molecule has 1 nitrogen and oxygen atoms in total. The van der Waals surface area contributed by atoms with Crippen molar-refractivity contribution in [3.8, 4) is 5.75 Å². The van der Waals surface area contributed by atoms with E-state index in [9.17, 15) is 4.39 Å². The summed E-state index contributed by atoms with van der Waals surface area (Å²) in [6.07, 6.45) is 0. The summed E-state index contributed by atoms with van der Waals surface area (Å²) in [6, 6.07) is 13.6. The monoisotopic (exact) mass is 282 g/mol. The number of hydrogen-bond donors (Lipinski definition) is 1. The van der Waals surface area contributed by atoms with Gasteiger partial charge >= 0.3 is 0 Å². The van der Waals surface area contributed by atoms with Crippen LogP contribution in [0.25, 0.3) is 0 Å². The first-order valence-corrected chi connectivity index (χ1v) is 5.54. The largest absolute Gasteiger partial charge is 0.508 e. The summed E-state index contributed by atoms with van der Waals surface area (Å²) in [4.78, 5) is 0. The first kappa shape index (κ1) is 12.7. The number of aromatic hydroxyl groups is 1. The summed E-state index contributed by atoms with van der Waals surface area (Å²) >= 11 is 3.07. The molecule has 0 aromatic heterocycles. The molecule has 84 valence electrons. The Morgan fingerprint density at radius 2 is 1.69 bits per heavy atom. The van der Waals surface area contributed by atoms with Crippen molar-refractivity contribution in [3.63, 3.8) is 0 Å². The van der Waals surface area contributed by atoms with Crippen molar-refractivity contribution in [1.82, 2.24) is 0 Å². The molecular weight excluding hydrogens is 271 g/mol. The van der Waals surface area contributed by atoms with E-state index in [1.807, 2.05) is 13.0 Å². The average Bonchev–Trinajstić information content (AvgIpc) is 2.26. The van der Waals surface area contributed by atoms with Crippen molar-refractivity contribution in [2.45, 2.75) is 6.92 Å². The molecule has 0 aliphatic carbocycles. The van der Waals surface area contributed by atoms with Crippen LogP contribution in [-0.2, 0) is 0 Å². The molecule has 0 amide bonds. The molecule has 0 fully saturated rings. The standard InChI is InChI=1S/C7H6BrF.C6H6O/c1-5-2-3-7(9)6(8)4-5;7-6-4-2-1-3-5-6/h2-4H,1H3;1-5,7H. The van der Waals surface area contributed by atoms with E-state index in [1.54, 1.807) is 36.4 Å². The maximum Gasteiger partial charge on any atom is 0.137 e. The molecule has 2 aromatic rings. The van der Waals surface area contributed by atoms with Crippen molar-refractivity contribution >= 4 is 15.9 Å². The molecule has 0 spiro atoms. The first-order chi connectivity index (χ1) is 7.59. The lowest BCUT2D eigenvalue weighted by atomic mass is 10.2. The Bertz CT molecular complexity index is 443. The van der Waals surface area contributed by atoms with E-state index in [4.69, 9.17) is 5.11 Å². The second-order valence-electron chi connectivity index (χ2n) is 3.25. The molecule has 3 heteroatoms. The van der Waals surface area contributed by atoms with Gasteiger partial charge in [0.1, 0.15) is 11.6 Å². The third-order valence-corrected chi connectivity index (χ3v) is 2.44. The third-order valence-electron chi connectivity index (χ3n) is 1.83. The highest BCUT2D eigenvalue weighted by molar-refractivity contribution is 9.10. The fourth-order valence-electron chi connectivity index (χ4n) is 1.03. The predicted molar refractivity (Wildman–Crippen MR) is 66.9 cm³/mol. The Hall–Kier alpha value is -1.35. The van der Waals surface area contributed by atoms with Gasteiger partial charge < -0.3 is 5.11 Å². The van der Waals surface area contributed by atoms with Gasteiger partial charge in [0.15, 0.2) is 0 Å². The highest BCUT2D eigenvalue weighted by Gasteiger charge is 1.94. The minimum absolute atomic E-state index is 0.208. The summed E-state index contributed by atoms with van der Waals surface area (Å²) < 4.78 is 13.0. The number of phenols is 1. The Kier molecular flexibility index (Phi) is 4.99. The smallest absolute Gasteiger partial charge is 0.137 e. The molecule has 0 radical (unpaired) electrons. The van der Waals surface area contributed by atoms with Crippen LogP contribution in [0.4, 0.5) is 4.39 Å². The highest BCUT2D eigenvalue weighted by atomic mass is 79.9. The number of aryl methyl sites for hydroxylation is 1. The lowest BCUT2D eigenvalue weighted by Crippen LogP contribution is -1.76. The predicted octanol–water partition coefficient (Wildman–Crippen LogP) is 4.29. The zero-order chi connectivity index (χ0) is 12.0. The molecule has 0 saturated heterocycles. The molecular formula is C13H12BrFO. The Labute approximate surface area is 103 Å². The number of halogens is 2. The second kappa shape index (κ2) is 6.28. The minimum atomic E-state index is -0.208. The van der Waals surface area contributed by atoms with Crippen LogP contribution in [0, 0.1) is 12.7 Å². The minimum Gasteiger partial charge on any atom is -0.508 e. The van der Waals surface area contributed by atoms with Crippen LogP contribution in [0.3, 0.4) is 0 Å². The quantitative estimate of drug-likeness (QED) is 0.764. The van der Waals surface area contributed by atoms with Crippen LogP contribution < -0.4 is 0 Å². The van der Waals surface area contributed by atoms with Crippen LogP contribution in [0.1, 0.15) is 5.56 Å². The van der Waals surface area contributed by atoms with Gasteiger partial charge in [-0.1, -0.05) is 24.3 Å². The lowest BCUT2D eigenvalue weighted by Gasteiger charge is -1.93. The van der Waals surface area contributed by atoms with Gasteiger partial charge in [0.25, 0.3) is 0 Å². The molecule has 0 unspecified atom stereocenters. The van der Waals surface area contributed by atoms with Crippen molar-refractivity contribution < 1.29 is 9.50 Å². The van der Waals surface area contributed by atoms with E-state index in [1.165, 1.54) is 6.07 Å². The molecule has 2 rings (SSSR count). The van der Waals surface area contributed by atoms with Crippen molar-refractivity contribution in [2.75, 3.05) is 0 Å². The van der Waals surface area contributed by atoms with E-state index in [-0.39, 0.29) is 5.82 Å². The van der Waals surface area contributed by atoms with Gasteiger partial charge in [-0.2, -0.15) is 0 Å². The Balaban J connectivity index is 0.000000165. The highest BCUT2D eigenvalue weighted by Crippen LogP contribution is 2.15. The zero-order valence-corrected chi connectivity index (χ0v) is 10.4. The molecule has 0 saturated carbocycles. The van der Waals surface area contributed by atoms with Gasteiger partial charge in [0.2, 0.25) is 0 Å². The average molecular weight is 283 g/mol. The number of rotatable bonds is 0. The van der Waals surface area contributed by atoms with Gasteiger partial charge in [0.05, 0.1) is 4.47 Å². The van der Waals surface area contributed by atoms with Gasteiger partial charge in [-0.3, -0.25) is 0 Å². The van der Waals surface area contributed by atoms with Crippen LogP contribution >= 0.6 is 15.9 Å². The van der Waals surface area contributed by atoms with Crippen LogP contribution in [0.15, 0.2) is 53.0 Å². The van der Waals surface area contributed by atoms with Gasteiger partial charge in [0, 0.05) is 0 Å². The molecule has 2 aromatic carbocycles. The summed E-state index contributed by atoms with van der Waals surface area (Å²) in [7, 11) is 0. The van der Waals surface area contributed by atoms with E-state index in [0.717, 1.165) is 5.56 Å². The topological polar surface area (TPSA) is 20.2 Å². The van der Waals surface area contributed by atoms with Crippen LogP contribution in [0.2, 0.25) is 0 Å². The zero-order valence-electron chi connectivity index (χ0n) is 8.82. The summed E-state index contributed by atoms with van der Waals surface area (Å²) in [5, 5.41) is 8.63. The third kappa shape index (κ3) is 4.45. The van der Waals surface area contributed by atoms with E-state index >= 15 is 0 Å². The summed E-state index contributed by atoms with van der Waals surface area (Å²) in [6.45, 7) is 1.92. The van der Waals surface area contributed by atoms with Gasteiger partial charge in [-0.15, -0.1) is 0 Å². The SMILES string of the molecule is Cc1ccc(F)c(Br)c1.Oc1ccccc1. The van der Waals surface area contributed by atoms with Crippen LogP contribution in [0.5, 0.6) is 5.75 Å². The number of para-hydroxylation sites is 1. The molecule has 1 N–H and O–H groups in total. The van der Waals surface area contributed by atoms with Crippen molar-refractivity contribution in [1.29, 1.82) is 0 Å². The van der Waals surface area contributed by atoms with Gasteiger partial charge in [-0.05, 0) is 52.7 Å². The molecule has 0 aliphatic rings. The number of benzene rings is 2. The number of phenolic OH excluding ortho intramolecular Hbond substituents is 1. The van der Waals surface area contributed by atoms with Crippen molar-refractivity contribution in [3.05, 3.63) is 64.4 Å². The molecule has 0 atom stereocenters. The second-order valence-corrected chi connectivity index (χ2v) is 4.11. The van der Waals surface area contributed by atoms with Crippen molar-refractivity contribution in [2.24, 2.45) is 0 Å². The fraction of sp³-hybridized carbons (Fsp3) is 0.0769. The Morgan fingerprint density at radius 3 is 2.06 bits per heavy atom. The lowest BCUT2D eigenvalue weighted by molar-refractivity contribution is 0.475. The Morgan fingerprint density at radius 1 is 1.06 bits per heavy atom. The van der Waals surface area contributed by atoms with E-state index in [0.29, 0.717) is 10.2 Å². The molecule has 16 heavy (non-hydrogen) atoms. The van der Waals surface area contributed by atoms with Gasteiger partial charge in [-0.25, -0.2) is 4.39 Å². The molecule has 0 aliphatic heterocycles. The van der Waals surface area contributed by atoms with E-state index < -0.39 is 0 Å².